The molecule has 3 aromatic rings. The Balaban J connectivity index is 1.93. The largest absolute Gasteiger partial charge is 0.384 e. The van der Waals surface area contributed by atoms with Gasteiger partial charge in [-0.25, -0.2) is 9.07 Å². The second-order valence-corrected chi connectivity index (χ2v) is 5.12. The summed E-state index contributed by atoms with van der Waals surface area (Å²) in [4.78, 5) is 0. The first-order valence-electron chi connectivity index (χ1n) is 6.46. The number of nitrogens with two attached hydrogens (primary N) is 1. The lowest BCUT2D eigenvalue weighted by molar-refractivity contribution is 0.628. The van der Waals surface area contributed by atoms with E-state index in [0.717, 1.165) is 5.56 Å². The number of aromatic nitrogens is 2. The van der Waals surface area contributed by atoms with Crippen molar-refractivity contribution in [3.8, 4) is 11.3 Å². The molecule has 0 saturated carbocycles. The minimum atomic E-state index is -0.299. The molecule has 2 aromatic carbocycles. The van der Waals surface area contributed by atoms with Gasteiger partial charge in [0.25, 0.3) is 0 Å². The average molecular weight is 302 g/mol. The van der Waals surface area contributed by atoms with Gasteiger partial charge >= 0.3 is 0 Å². The van der Waals surface area contributed by atoms with E-state index >= 15 is 0 Å². The Morgan fingerprint density at radius 2 is 1.90 bits per heavy atom. The Kier molecular flexibility index (Phi) is 3.62. The summed E-state index contributed by atoms with van der Waals surface area (Å²) in [7, 11) is 0. The van der Waals surface area contributed by atoms with Crippen LogP contribution in [0.5, 0.6) is 0 Å². The molecule has 0 bridgehead atoms. The van der Waals surface area contributed by atoms with E-state index in [2.05, 4.69) is 5.10 Å². The highest BCUT2D eigenvalue weighted by Gasteiger charge is 2.09. The second-order valence-electron chi connectivity index (χ2n) is 4.71. The standard InChI is InChI=1S/C16H13ClFN3/c17-14-7-2-1-4-12(14)10-21-16(19)9-15(20-21)11-5-3-6-13(18)8-11/h1-9H,10,19H2. The van der Waals surface area contributed by atoms with E-state index in [1.807, 2.05) is 24.3 Å². The topological polar surface area (TPSA) is 43.8 Å². The molecule has 0 saturated heterocycles. The third kappa shape index (κ3) is 2.90. The molecule has 0 aliphatic carbocycles. The molecular formula is C16H13ClFN3. The zero-order valence-corrected chi connectivity index (χ0v) is 11.9. The van der Waals surface area contributed by atoms with Crippen molar-refractivity contribution in [2.75, 3.05) is 5.73 Å². The van der Waals surface area contributed by atoms with Crippen molar-refractivity contribution >= 4 is 17.4 Å². The van der Waals surface area contributed by atoms with E-state index in [0.29, 0.717) is 28.6 Å². The summed E-state index contributed by atoms with van der Waals surface area (Å²) in [6, 6.07) is 15.5. The number of hydrogen-bond donors (Lipinski definition) is 1. The normalized spacial score (nSPS) is 10.8. The van der Waals surface area contributed by atoms with Gasteiger partial charge in [0.1, 0.15) is 11.6 Å². The van der Waals surface area contributed by atoms with Crippen molar-refractivity contribution in [2.45, 2.75) is 6.54 Å². The third-order valence-corrected chi connectivity index (χ3v) is 3.58. The quantitative estimate of drug-likeness (QED) is 0.795. The van der Waals surface area contributed by atoms with Gasteiger partial charge in [0.2, 0.25) is 0 Å². The molecule has 0 aliphatic rings. The Bertz CT molecular complexity index is 783. The van der Waals surface area contributed by atoms with Gasteiger partial charge in [0.15, 0.2) is 0 Å². The van der Waals surface area contributed by atoms with E-state index < -0.39 is 0 Å². The molecule has 0 spiro atoms. The summed E-state index contributed by atoms with van der Waals surface area (Å²) in [5, 5.41) is 5.09. The van der Waals surface area contributed by atoms with Gasteiger partial charge in [-0.1, -0.05) is 41.9 Å². The van der Waals surface area contributed by atoms with E-state index in [-0.39, 0.29) is 5.82 Å². The van der Waals surface area contributed by atoms with Crippen LogP contribution in [0.25, 0.3) is 11.3 Å². The molecular weight excluding hydrogens is 289 g/mol. The molecule has 106 valence electrons. The molecule has 3 rings (SSSR count). The molecule has 2 N–H and O–H groups in total. The fourth-order valence-electron chi connectivity index (χ4n) is 2.13. The van der Waals surface area contributed by atoms with Crippen LogP contribution >= 0.6 is 11.6 Å². The number of nitrogen functional groups attached to an aromatic ring is 1. The molecule has 5 heteroatoms. The Morgan fingerprint density at radius 3 is 2.67 bits per heavy atom. The number of benzene rings is 2. The van der Waals surface area contributed by atoms with E-state index in [9.17, 15) is 4.39 Å². The lowest BCUT2D eigenvalue weighted by atomic mass is 10.1. The first kappa shape index (κ1) is 13.6. The molecule has 1 aromatic heterocycles. The van der Waals surface area contributed by atoms with Crippen LogP contribution in [-0.4, -0.2) is 9.78 Å². The Labute approximate surface area is 126 Å². The van der Waals surface area contributed by atoms with E-state index in [1.165, 1.54) is 12.1 Å². The molecule has 0 unspecified atom stereocenters. The highest BCUT2D eigenvalue weighted by atomic mass is 35.5. The zero-order chi connectivity index (χ0) is 14.8. The number of halogens is 2. The average Bonchev–Trinajstić information content (AvgIpc) is 2.83. The summed E-state index contributed by atoms with van der Waals surface area (Å²) < 4.78 is 14.9. The molecule has 0 fully saturated rings. The summed E-state index contributed by atoms with van der Waals surface area (Å²) in [6.45, 7) is 0.473. The number of rotatable bonds is 3. The van der Waals surface area contributed by atoms with Crippen LogP contribution in [0, 0.1) is 5.82 Å². The SMILES string of the molecule is Nc1cc(-c2cccc(F)c2)nn1Cc1ccccc1Cl. The van der Waals surface area contributed by atoms with Crippen molar-refractivity contribution in [3.05, 3.63) is 71.0 Å². The number of anilines is 1. The van der Waals surface area contributed by atoms with Crippen molar-refractivity contribution in [2.24, 2.45) is 0 Å². The van der Waals surface area contributed by atoms with E-state index in [4.69, 9.17) is 17.3 Å². The summed E-state index contributed by atoms with van der Waals surface area (Å²) >= 11 is 6.14. The predicted molar refractivity (Wildman–Crippen MR) is 82.6 cm³/mol. The van der Waals surface area contributed by atoms with Gasteiger partial charge in [-0.3, -0.25) is 0 Å². The molecule has 0 amide bonds. The van der Waals surface area contributed by atoms with Crippen LogP contribution in [0.15, 0.2) is 54.6 Å². The molecule has 3 nitrogen and oxygen atoms in total. The summed E-state index contributed by atoms with van der Waals surface area (Å²) in [6.07, 6.45) is 0. The monoisotopic (exact) mass is 301 g/mol. The first-order valence-corrected chi connectivity index (χ1v) is 6.84. The van der Waals surface area contributed by atoms with Gasteiger partial charge in [-0.15, -0.1) is 0 Å². The predicted octanol–water partition coefficient (Wildman–Crippen LogP) is 3.97. The summed E-state index contributed by atoms with van der Waals surface area (Å²) in [5.41, 5.74) is 8.24. The van der Waals surface area contributed by atoms with Crippen LogP contribution < -0.4 is 5.73 Å². The lowest BCUT2D eigenvalue weighted by Gasteiger charge is -2.06. The number of nitrogens with zero attached hydrogens (tertiary/aromatic N) is 2. The fourth-order valence-corrected chi connectivity index (χ4v) is 2.33. The van der Waals surface area contributed by atoms with Crippen molar-refractivity contribution in [3.63, 3.8) is 0 Å². The maximum atomic E-state index is 13.3. The van der Waals surface area contributed by atoms with E-state index in [1.54, 1.807) is 22.9 Å². The van der Waals surface area contributed by atoms with Crippen LogP contribution in [0.4, 0.5) is 10.2 Å². The van der Waals surface area contributed by atoms with Crippen LogP contribution in [0.3, 0.4) is 0 Å². The fraction of sp³-hybridized carbons (Fsp3) is 0.0625. The molecule has 21 heavy (non-hydrogen) atoms. The van der Waals surface area contributed by atoms with Crippen LogP contribution in [-0.2, 0) is 6.54 Å². The summed E-state index contributed by atoms with van der Waals surface area (Å²) in [5.74, 6) is 0.209. The number of hydrogen-bond acceptors (Lipinski definition) is 2. The molecule has 0 atom stereocenters. The lowest BCUT2D eigenvalue weighted by Crippen LogP contribution is -2.06. The highest BCUT2D eigenvalue weighted by molar-refractivity contribution is 6.31. The highest BCUT2D eigenvalue weighted by Crippen LogP contribution is 2.23. The van der Waals surface area contributed by atoms with Gasteiger partial charge in [-0.05, 0) is 23.8 Å². The second kappa shape index (κ2) is 5.58. The molecule has 0 aliphatic heterocycles. The van der Waals surface area contributed by atoms with Gasteiger partial charge in [-0.2, -0.15) is 5.10 Å². The van der Waals surface area contributed by atoms with Crippen molar-refractivity contribution < 1.29 is 4.39 Å². The maximum Gasteiger partial charge on any atom is 0.123 e. The minimum absolute atomic E-state index is 0.299. The van der Waals surface area contributed by atoms with Crippen molar-refractivity contribution in [1.29, 1.82) is 0 Å². The van der Waals surface area contributed by atoms with Gasteiger partial charge in [0, 0.05) is 16.7 Å². The smallest absolute Gasteiger partial charge is 0.123 e. The van der Waals surface area contributed by atoms with Crippen molar-refractivity contribution in [1.82, 2.24) is 9.78 Å². The molecule has 1 heterocycles. The van der Waals surface area contributed by atoms with Crippen LogP contribution in [0.2, 0.25) is 5.02 Å². The van der Waals surface area contributed by atoms with Gasteiger partial charge in [0.05, 0.1) is 12.2 Å². The Hall–Kier alpha value is -2.33. The zero-order valence-electron chi connectivity index (χ0n) is 11.1. The molecule has 0 radical (unpaired) electrons. The maximum absolute atomic E-state index is 13.3. The first-order chi connectivity index (χ1) is 10.1. The van der Waals surface area contributed by atoms with Crippen LogP contribution in [0.1, 0.15) is 5.56 Å². The minimum Gasteiger partial charge on any atom is -0.384 e. The Morgan fingerprint density at radius 1 is 1.10 bits per heavy atom. The van der Waals surface area contributed by atoms with Gasteiger partial charge < -0.3 is 5.73 Å². The third-order valence-electron chi connectivity index (χ3n) is 3.21.